The van der Waals surface area contributed by atoms with Crippen LogP contribution < -0.4 is 11.0 Å². The molecule has 9 heteroatoms. The summed E-state index contributed by atoms with van der Waals surface area (Å²) in [5.74, 6) is 0.478. The number of para-hydroxylation sites is 2. The Hall–Kier alpha value is -3.75. The minimum Gasteiger partial charge on any atom is -0.352 e. The van der Waals surface area contributed by atoms with Crippen molar-refractivity contribution in [3.8, 4) is 5.82 Å². The molecular weight excluding hydrogens is 370 g/mol. The van der Waals surface area contributed by atoms with Gasteiger partial charge in [0.15, 0.2) is 5.82 Å². The van der Waals surface area contributed by atoms with E-state index in [0.717, 1.165) is 16.6 Å². The van der Waals surface area contributed by atoms with E-state index in [1.54, 1.807) is 32.4 Å². The van der Waals surface area contributed by atoms with Gasteiger partial charge < -0.3 is 5.32 Å². The zero-order valence-corrected chi connectivity index (χ0v) is 16.0. The molecule has 1 aromatic carbocycles. The minimum absolute atomic E-state index is 0.0952. The lowest BCUT2D eigenvalue weighted by Crippen LogP contribution is -2.28. The normalized spacial score (nSPS) is 11.1. The van der Waals surface area contributed by atoms with E-state index in [1.165, 1.54) is 6.33 Å². The summed E-state index contributed by atoms with van der Waals surface area (Å²) in [6.45, 7) is 3.16. The van der Waals surface area contributed by atoms with Crippen LogP contribution >= 0.6 is 0 Å². The van der Waals surface area contributed by atoms with E-state index >= 15 is 0 Å². The van der Waals surface area contributed by atoms with Gasteiger partial charge in [-0.15, -0.1) is 0 Å². The topological polar surface area (TPSA) is 99.6 Å². The molecule has 0 bridgehead atoms. The summed E-state index contributed by atoms with van der Waals surface area (Å²) < 4.78 is 4.93. The van der Waals surface area contributed by atoms with Gasteiger partial charge in [-0.3, -0.25) is 13.9 Å². The summed E-state index contributed by atoms with van der Waals surface area (Å²) >= 11 is 0. The van der Waals surface area contributed by atoms with Crippen LogP contribution in [0.5, 0.6) is 0 Å². The number of benzene rings is 1. The van der Waals surface area contributed by atoms with Crippen LogP contribution in [0.2, 0.25) is 0 Å². The number of carbonyl (C=O) groups is 1. The Morgan fingerprint density at radius 2 is 1.90 bits per heavy atom. The molecule has 4 aromatic rings. The number of hydrogen-bond donors (Lipinski definition) is 1. The van der Waals surface area contributed by atoms with Gasteiger partial charge in [-0.2, -0.15) is 5.10 Å². The number of carbonyl (C=O) groups excluding carboxylic acids is 1. The van der Waals surface area contributed by atoms with Crippen molar-refractivity contribution >= 4 is 16.9 Å². The molecular formula is C20H21N7O2. The average Bonchev–Trinajstić information content (AvgIpc) is 3.37. The van der Waals surface area contributed by atoms with Crippen LogP contribution in [0.25, 0.3) is 16.9 Å². The molecule has 3 aromatic heterocycles. The minimum atomic E-state index is -0.140. The number of aryl methyl sites for hydroxylation is 2. The first kappa shape index (κ1) is 18.6. The lowest BCUT2D eigenvalue weighted by molar-refractivity contribution is -0.121. The van der Waals surface area contributed by atoms with Gasteiger partial charge in [-0.05, 0) is 25.1 Å². The van der Waals surface area contributed by atoms with E-state index in [9.17, 15) is 9.59 Å². The van der Waals surface area contributed by atoms with Crippen LogP contribution in [0.4, 0.5) is 0 Å². The first-order valence-electron chi connectivity index (χ1n) is 9.42. The predicted octanol–water partition coefficient (Wildman–Crippen LogP) is 1.51. The maximum absolute atomic E-state index is 12.7. The second-order valence-electron chi connectivity index (χ2n) is 6.52. The first-order chi connectivity index (χ1) is 14.2. The molecule has 1 amide bonds. The van der Waals surface area contributed by atoms with Gasteiger partial charge in [0.05, 0.1) is 11.0 Å². The Bertz CT molecular complexity index is 1190. The van der Waals surface area contributed by atoms with E-state index < -0.39 is 0 Å². The molecule has 0 unspecified atom stereocenters. The van der Waals surface area contributed by atoms with Crippen molar-refractivity contribution < 1.29 is 4.79 Å². The largest absolute Gasteiger partial charge is 0.352 e. The summed E-state index contributed by atoms with van der Waals surface area (Å²) in [4.78, 5) is 33.3. The lowest BCUT2D eigenvalue weighted by Gasteiger charge is -2.09. The quantitative estimate of drug-likeness (QED) is 0.515. The number of nitrogens with zero attached hydrogens (tertiary/aromatic N) is 6. The summed E-state index contributed by atoms with van der Waals surface area (Å²) in [7, 11) is 0. The van der Waals surface area contributed by atoms with E-state index in [2.05, 4.69) is 20.4 Å². The number of nitrogens with one attached hydrogen (secondary N) is 1. The monoisotopic (exact) mass is 391 g/mol. The third-order valence-corrected chi connectivity index (χ3v) is 4.78. The number of hydrogen-bond acceptors (Lipinski definition) is 5. The molecule has 0 atom stereocenters. The number of fused-ring (bicyclic) bond motifs is 1. The Labute approximate surface area is 166 Å². The molecule has 29 heavy (non-hydrogen) atoms. The zero-order valence-electron chi connectivity index (χ0n) is 16.0. The highest BCUT2D eigenvalue weighted by atomic mass is 16.2. The van der Waals surface area contributed by atoms with E-state index in [1.807, 2.05) is 37.3 Å². The molecule has 4 rings (SSSR count). The first-order valence-corrected chi connectivity index (χ1v) is 9.42. The van der Waals surface area contributed by atoms with Crippen molar-refractivity contribution in [1.82, 2.24) is 34.2 Å². The smallest absolute Gasteiger partial charge is 0.329 e. The maximum Gasteiger partial charge on any atom is 0.329 e. The Balaban J connectivity index is 1.44. The highest BCUT2D eigenvalue weighted by Gasteiger charge is 2.13. The van der Waals surface area contributed by atoms with E-state index in [-0.39, 0.29) is 18.0 Å². The van der Waals surface area contributed by atoms with Crippen LogP contribution in [0.1, 0.15) is 18.9 Å². The molecule has 0 aliphatic rings. The van der Waals surface area contributed by atoms with E-state index in [4.69, 9.17) is 0 Å². The molecule has 0 aliphatic carbocycles. The highest BCUT2D eigenvalue weighted by Crippen LogP contribution is 2.13. The Kier molecular flexibility index (Phi) is 5.19. The van der Waals surface area contributed by atoms with Crippen LogP contribution in [-0.4, -0.2) is 34.8 Å². The fraction of sp³-hybridized carbons (Fsp3) is 0.250. The van der Waals surface area contributed by atoms with Crippen LogP contribution in [-0.2, 0) is 24.4 Å². The average molecular weight is 391 g/mol. The number of imidazole rings is 1. The molecule has 0 saturated heterocycles. The number of aromatic nitrogens is 6. The molecule has 0 aliphatic heterocycles. The number of pyridine rings is 1. The van der Waals surface area contributed by atoms with Crippen molar-refractivity contribution in [2.24, 2.45) is 0 Å². The molecule has 1 N–H and O–H groups in total. The molecule has 0 spiro atoms. The van der Waals surface area contributed by atoms with Gasteiger partial charge >= 0.3 is 5.69 Å². The zero-order chi connectivity index (χ0) is 20.2. The summed E-state index contributed by atoms with van der Waals surface area (Å²) in [6.07, 6.45) is 4.86. The fourth-order valence-electron chi connectivity index (χ4n) is 3.38. The van der Waals surface area contributed by atoms with Gasteiger partial charge in [-0.1, -0.05) is 18.2 Å². The molecule has 0 fully saturated rings. The van der Waals surface area contributed by atoms with Crippen molar-refractivity contribution in [1.29, 1.82) is 0 Å². The maximum atomic E-state index is 12.7. The van der Waals surface area contributed by atoms with Gasteiger partial charge in [-0.25, -0.2) is 19.4 Å². The standard InChI is InChI=1S/C20H21N7O2/c1-2-25-16-7-3-4-8-17(16)26(20(25)29)11-9-18(28)23-12-15-6-5-10-22-19(15)27-14-21-13-24-27/h3-8,10,13-14H,2,9,11-12H2,1H3,(H,23,28). The molecule has 9 nitrogen and oxygen atoms in total. The number of rotatable bonds is 7. The summed E-state index contributed by atoms with van der Waals surface area (Å²) in [5.41, 5.74) is 2.45. The molecule has 148 valence electrons. The predicted molar refractivity (Wildman–Crippen MR) is 107 cm³/mol. The van der Waals surface area contributed by atoms with Gasteiger partial charge in [0.1, 0.15) is 12.7 Å². The van der Waals surface area contributed by atoms with Crippen molar-refractivity contribution in [3.05, 3.63) is 71.3 Å². The fourth-order valence-corrected chi connectivity index (χ4v) is 3.38. The second kappa shape index (κ2) is 8.09. The summed E-state index contributed by atoms with van der Waals surface area (Å²) in [5, 5.41) is 6.99. The Morgan fingerprint density at radius 1 is 1.10 bits per heavy atom. The SMILES string of the molecule is CCn1c(=O)n(CCC(=O)NCc2cccnc2-n2cncn2)c2ccccc21. The third kappa shape index (κ3) is 3.66. The van der Waals surface area contributed by atoms with Gasteiger partial charge in [0.25, 0.3) is 0 Å². The van der Waals surface area contributed by atoms with Crippen LogP contribution in [0.3, 0.4) is 0 Å². The second-order valence-corrected chi connectivity index (χ2v) is 6.52. The van der Waals surface area contributed by atoms with Crippen molar-refractivity contribution in [2.75, 3.05) is 0 Å². The van der Waals surface area contributed by atoms with Crippen LogP contribution in [0, 0.1) is 0 Å². The van der Waals surface area contributed by atoms with Crippen LogP contribution in [0.15, 0.2) is 60.0 Å². The lowest BCUT2D eigenvalue weighted by atomic mass is 10.2. The van der Waals surface area contributed by atoms with E-state index in [0.29, 0.717) is 25.5 Å². The van der Waals surface area contributed by atoms with Crippen molar-refractivity contribution in [3.63, 3.8) is 0 Å². The Morgan fingerprint density at radius 3 is 2.62 bits per heavy atom. The van der Waals surface area contributed by atoms with Crippen molar-refractivity contribution in [2.45, 2.75) is 33.0 Å². The number of amides is 1. The molecule has 0 radical (unpaired) electrons. The molecule has 3 heterocycles. The highest BCUT2D eigenvalue weighted by molar-refractivity contribution is 5.78. The van der Waals surface area contributed by atoms with Gasteiger partial charge in [0, 0.05) is 37.8 Å². The molecule has 0 saturated carbocycles. The van der Waals surface area contributed by atoms with Gasteiger partial charge in [0.2, 0.25) is 5.91 Å². The summed E-state index contributed by atoms with van der Waals surface area (Å²) in [6, 6.07) is 11.3. The third-order valence-electron chi connectivity index (χ3n) is 4.78.